The van der Waals surface area contributed by atoms with Crippen LogP contribution < -0.4 is 20.7 Å². The van der Waals surface area contributed by atoms with Gasteiger partial charge in [-0.05, 0) is 34.5 Å². The maximum absolute atomic E-state index is 5.68. The molecule has 0 bridgehead atoms. The molecule has 5 heteroatoms. The van der Waals surface area contributed by atoms with Crippen molar-refractivity contribution in [2.75, 3.05) is 14.2 Å². The lowest BCUT2D eigenvalue weighted by Gasteiger charge is -2.21. The molecule has 0 aliphatic heterocycles. The first-order chi connectivity index (χ1) is 9.19. The summed E-state index contributed by atoms with van der Waals surface area (Å²) < 4.78 is 11.6. The van der Waals surface area contributed by atoms with E-state index in [1.165, 1.54) is 12.8 Å². The van der Waals surface area contributed by atoms with Crippen LogP contribution in [0.4, 0.5) is 0 Å². The molecule has 0 aliphatic carbocycles. The Balaban J connectivity index is 2.99. The molecule has 3 N–H and O–H groups in total. The molecule has 1 aromatic carbocycles. The quantitative estimate of drug-likeness (QED) is 0.434. The van der Waals surface area contributed by atoms with E-state index in [4.69, 9.17) is 15.3 Å². The summed E-state index contributed by atoms with van der Waals surface area (Å²) in [7, 11) is 3.29. The van der Waals surface area contributed by atoms with Gasteiger partial charge in [-0.25, -0.2) is 0 Å². The maximum Gasteiger partial charge on any atom is 0.141 e. The van der Waals surface area contributed by atoms with Crippen LogP contribution in [0.25, 0.3) is 0 Å². The van der Waals surface area contributed by atoms with Crippen molar-refractivity contribution < 1.29 is 9.47 Å². The normalized spacial score (nSPS) is 12.3. The highest BCUT2D eigenvalue weighted by molar-refractivity contribution is 9.10. The molecule has 19 heavy (non-hydrogen) atoms. The van der Waals surface area contributed by atoms with Gasteiger partial charge in [-0.15, -0.1) is 0 Å². The molecule has 0 saturated heterocycles. The predicted molar refractivity (Wildman–Crippen MR) is 81.5 cm³/mol. The minimum atomic E-state index is 0.0868. The number of methoxy groups -OCH3 is 2. The number of ether oxygens (including phenoxy) is 2. The van der Waals surface area contributed by atoms with Gasteiger partial charge in [-0.1, -0.05) is 26.2 Å². The van der Waals surface area contributed by atoms with Crippen LogP contribution >= 0.6 is 15.9 Å². The summed E-state index contributed by atoms with van der Waals surface area (Å²) in [6, 6.07) is 4.01. The van der Waals surface area contributed by atoms with Crippen LogP contribution in [0.3, 0.4) is 0 Å². The second-order valence-corrected chi connectivity index (χ2v) is 5.21. The average Bonchev–Trinajstić information content (AvgIpc) is 2.43. The summed E-state index contributed by atoms with van der Waals surface area (Å²) in [4.78, 5) is 0. The zero-order chi connectivity index (χ0) is 14.3. The summed E-state index contributed by atoms with van der Waals surface area (Å²) in [5, 5.41) is 0. The van der Waals surface area contributed by atoms with Crippen LogP contribution in [-0.4, -0.2) is 14.2 Å². The molecular formula is C14H23BrN2O2. The SMILES string of the molecule is CCCCCC(NN)c1ccc(OC)c(Br)c1OC. The topological polar surface area (TPSA) is 56.5 Å². The molecule has 0 radical (unpaired) electrons. The summed E-state index contributed by atoms with van der Waals surface area (Å²) in [6.45, 7) is 2.19. The van der Waals surface area contributed by atoms with Crippen molar-refractivity contribution in [3.63, 3.8) is 0 Å². The van der Waals surface area contributed by atoms with Crippen molar-refractivity contribution >= 4 is 15.9 Å². The van der Waals surface area contributed by atoms with E-state index in [2.05, 4.69) is 28.3 Å². The molecule has 0 amide bonds. The Morgan fingerprint density at radius 3 is 2.53 bits per heavy atom. The molecule has 108 valence electrons. The molecule has 1 unspecified atom stereocenters. The van der Waals surface area contributed by atoms with Gasteiger partial charge in [-0.2, -0.15) is 0 Å². The number of benzene rings is 1. The smallest absolute Gasteiger partial charge is 0.141 e. The highest BCUT2D eigenvalue weighted by Gasteiger charge is 2.19. The van der Waals surface area contributed by atoms with E-state index in [-0.39, 0.29) is 6.04 Å². The van der Waals surface area contributed by atoms with Gasteiger partial charge in [0.25, 0.3) is 0 Å². The van der Waals surface area contributed by atoms with Crippen LogP contribution in [0.15, 0.2) is 16.6 Å². The third kappa shape index (κ3) is 4.09. The van der Waals surface area contributed by atoms with Crippen LogP contribution in [0.1, 0.15) is 44.2 Å². The molecule has 1 aromatic rings. The van der Waals surface area contributed by atoms with E-state index in [1.807, 2.05) is 12.1 Å². The number of halogens is 1. The van der Waals surface area contributed by atoms with E-state index in [0.717, 1.165) is 34.4 Å². The zero-order valence-electron chi connectivity index (χ0n) is 11.8. The van der Waals surface area contributed by atoms with Crippen molar-refractivity contribution in [2.45, 2.75) is 38.6 Å². The largest absolute Gasteiger partial charge is 0.495 e. The van der Waals surface area contributed by atoms with Gasteiger partial charge < -0.3 is 9.47 Å². The van der Waals surface area contributed by atoms with Gasteiger partial charge in [-0.3, -0.25) is 11.3 Å². The first kappa shape index (κ1) is 16.3. The summed E-state index contributed by atoms with van der Waals surface area (Å²) in [6.07, 6.45) is 4.52. The van der Waals surface area contributed by atoms with E-state index in [0.29, 0.717) is 0 Å². The Morgan fingerprint density at radius 1 is 1.26 bits per heavy atom. The number of unbranched alkanes of at least 4 members (excludes halogenated alkanes) is 2. The number of hydrazine groups is 1. The van der Waals surface area contributed by atoms with Crippen molar-refractivity contribution in [2.24, 2.45) is 5.84 Å². The van der Waals surface area contributed by atoms with E-state index < -0.39 is 0 Å². The van der Waals surface area contributed by atoms with E-state index >= 15 is 0 Å². The van der Waals surface area contributed by atoms with E-state index in [1.54, 1.807) is 14.2 Å². The number of nitrogens with one attached hydrogen (secondary N) is 1. The Labute approximate surface area is 123 Å². The van der Waals surface area contributed by atoms with E-state index in [9.17, 15) is 0 Å². The van der Waals surface area contributed by atoms with Gasteiger partial charge in [0, 0.05) is 11.6 Å². The summed E-state index contributed by atoms with van der Waals surface area (Å²) in [5.74, 6) is 7.21. The standard InChI is InChI=1S/C14H23BrN2O2/c1-4-5-6-7-11(17-16)10-8-9-12(18-2)13(15)14(10)19-3/h8-9,11,17H,4-7,16H2,1-3H3. The average molecular weight is 331 g/mol. The highest BCUT2D eigenvalue weighted by atomic mass is 79.9. The van der Waals surface area contributed by atoms with Gasteiger partial charge in [0.05, 0.1) is 14.2 Å². The fourth-order valence-electron chi connectivity index (χ4n) is 2.12. The minimum Gasteiger partial charge on any atom is -0.495 e. The molecule has 0 heterocycles. The zero-order valence-corrected chi connectivity index (χ0v) is 13.4. The highest BCUT2D eigenvalue weighted by Crippen LogP contribution is 2.40. The molecule has 4 nitrogen and oxygen atoms in total. The second kappa shape index (κ2) is 8.40. The van der Waals surface area contributed by atoms with Gasteiger partial charge in [0.2, 0.25) is 0 Å². The lowest BCUT2D eigenvalue weighted by atomic mass is 10.00. The van der Waals surface area contributed by atoms with Gasteiger partial charge >= 0.3 is 0 Å². The Kier molecular flexibility index (Phi) is 7.20. The molecule has 0 aromatic heterocycles. The second-order valence-electron chi connectivity index (χ2n) is 4.42. The van der Waals surface area contributed by atoms with Crippen LogP contribution in [0.2, 0.25) is 0 Å². The molecule has 1 rings (SSSR count). The molecular weight excluding hydrogens is 308 g/mol. The van der Waals surface area contributed by atoms with Crippen LogP contribution in [0.5, 0.6) is 11.5 Å². The molecule has 0 spiro atoms. The van der Waals surface area contributed by atoms with Crippen molar-refractivity contribution in [1.29, 1.82) is 0 Å². The minimum absolute atomic E-state index is 0.0868. The molecule has 0 fully saturated rings. The van der Waals surface area contributed by atoms with Gasteiger partial charge in [0.15, 0.2) is 0 Å². The fraction of sp³-hybridized carbons (Fsp3) is 0.571. The number of hydrogen-bond donors (Lipinski definition) is 2. The number of rotatable bonds is 8. The number of hydrogen-bond acceptors (Lipinski definition) is 4. The monoisotopic (exact) mass is 330 g/mol. The Bertz CT molecular complexity index is 399. The Morgan fingerprint density at radius 2 is 2.00 bits per heavy atom. The lowest BCUT2D eigenvalue weighted by molar-refractivity contribution is 0.376. The van der Waals surface area contributed by atoms with Gasteiger partial charge in [0.1, 0.15) is 16.0 Å². The van der Waals surface area contributed by atoms with Crippen molar-refractivity contribution in [1.82, 2.24) is 5.43 Å². The third-order valence-corrected chi connectivity index (χ3v) is 3.94. The maximum atomic E-state index is 5.68. The Hall–Kier alpha value is -0.780. The summed E-state index contributed by atoms with van der Waals surface area (Å²) in [5.41, 5.74) is 3.92. The number of nitrogens with two attached hydrogens (primary N) is 1. The summed E-state index contributed by atoms with van der Waals surface area (Å²) >= 11 is 3.51. The predicted octanol–water partition coefficient (Wildman–Crippen LogP) is 3.55. The molecule has 0 aliphatic rings. The van der Waals surface area contributed by atoms with Crippen molar-refractivity contribution in [3.05, 3.63) is 22.2 Å². The first-order valence-corrected chi connectivity index (χ1v) is 7.35. The first-order valence-electron chi connectivity index (χ1n) is 6.56. The van der Waals surface area contributed by atoms with Crippen LogP contribution in [-0.2, 0) is 0 Å². The van der Waals surface area contributed by atoms with Crippen LogP contribution in [0, 0.1) is 0 Å². The lowest BCUT2D eigenvalue weighted by Crippen LogP contribution is -2.28. The fourth-order valence-corrected chi connectivity index (χ4v) is 2.80. The molecule has 0 saturated carbocycles. The van der Waals surface area contributed by atoms with Crippen molar-refractivity contribution in [3.8, 4) is 11.5 Å². The molecule has 1 atom stereocenters. The third-order valence-electron chi connectivity index (χ3n) is 3.19.